The number of carbonyl (C=O) groups is 2. The third-order valence-electron chi connectivity index (χ3n) is 5.25. The molecule has 3 aromatic rings. The van der Waals surface area contributed by atoms with Crippen LogP contribution in [0.15, 0.2) is 35.1 Å². The summed E-state index contributed by atoms with van der Waals surface area (Å²) in [6.07, 6.45) is 1.57. The Labute approximate surface area is 166 Å². The molecule has 7 heteroatoms. The van der Waals surface area contributed by atoms with Crippen LogP contribution in [0.2, 0.25) is 0 Å². The quantitative estimate of drug-likeness (QED) is 0.690. The van der Waals surface area contributed by atoms with Crippen LogP contribution in [-0.2, 0) is 0 Å². The van der Waals surface area contributed by atoms with Gasteiger partial charge in [-0.1, -0.05) is 30.3 Å². The Bertz CT molecular complexity index is 1120. The fraction of sp³-hybridized carbons (Fsp3) is 0.333. The van der Waals surface area contributed by atoms with Gasteiger partial charge in [-0.3, -0.25) is 14.4 Å². The van der Waals surface area contributed by atoms with Crippen molar-refractivity contribution in [1.82, 2.24) is 14.9 Å². The van der Waals surface area contributed by atoms with E-state index in [2.05, 4.69) is 9.97 Å². The molecule has 1 fully saturated rings. The SMILES string of the molecule is Cc1nc2sc(C(=O)N3CCC[C@H](C(=O)c4ccccc4)C3)c(C)c2c(=O)[nH]1. The second-order valence-corrected chi connectivity index (χ2v) is 8.21. The van der Waals surface area contributed by atoms with Crippen molar-refractivity contribution in [2.75, 3.05) is 13.1 Å². The van der Waals surface area contributed by atoms with Crippen LogP contribution in [0.3, 0.4) is 0 Å². The summed E-state index contributed by atoms with van der Waals surface area (Å²) in [5, 5.41) is 0.480. The van der Waals surface area contributed by atoms with E-state index >= 15 is 0 Å². The minimum Gasteiger partial charge on any atom is -0.337 e. The van der Waals surface area contributed by atoms with Gasteiger partial charge in [0.2, 0.25) is 0 Å². The van der Waals surface area contributed by atoms with Crippen molar-refractivity contribution in [3.63, 3.8) is 0 Å². The van der Waals surface area contributed by atoms with Gasteiger partial charge in [-0.05, 0) is 32.3 Å². The van der Waals surface area contributed by atoms with E-state index in [1.807, 2.05) is 30.3 Å². The number of carbonyl (C=O) groups excluding carboxylic acids is 2. The van der Waals surface area contributed by atoms with Gasteiger partial charge in [-0.2, -0.15) is 0 Å². The van der Waals surface area contributed by atoms with Gasteiger partial charge >= 0.3 is 0 Å². The van der Waals surface area contributed by atoms with Crippen LogP contribution in [0.4, 0.5) is 0 Å². The molecule has 0 unspecified atom stereocenters. The number of hydrogen-bond donors (Lipinski definition) is 1. The molecule has 2 aromatic heterocycles. The van der Waals surface area contributed by atoms with Crippen LogP contribution in [0.5, 0.6) is 0 Å². The maximum absolute atomic E-state index is 13.2. The number of nitrogens with one attached hydrogen (secondary N) is 1. The number of likely N-dealkylation sites (tertiary alicyclic amines) is 1. The summed E-state index contributed by atoms with van der Waals surface area (Å²) >= 11 is 1.25. The molecule has 3 heterocycles. The van der Waals surface area contributed by atoms with Gasteiger partial charge in [0.05, 0.1) is 10.3 Å². The number of H-pyrrole nitrogens is 1. The van der Waals surface area contributed by atoms with Crippen molar-refractivity contribution in [2.45, 2.75) is 26.7 Å². The molecule has 1 N–H and O–H groups in total. The van der Waals surface area contributed by atoms with Crippen molar-refractivity contribution >= 4 is 33.2 Å². The lowest BCUT2D eigenvalue weighted by Crippen LogP contribution is -2.42. The first-order chi connectivity index (χ1) is 13.5. The molecule has 0 saturated carbocycles. The van der Waals surface area contributed by atoms with Crippen LogP contribution in [0.25, 0.3) is 10.2 Å². The smallest absolute Gasteiger partial charge is 0.264 e. The molecule has 28 heavy (non-hydrogen) atoms. The molecule has 4 rings (SSSR count). The molecule has 0 bridgehead atoms. The Balaban J connectivity index is 1.61. The van der Waals surface area contributed by atoms with Crippen LogP contribution in [-0.4, -0.2) is 39.6 Å². The second kappa shape index (κ2) is 7.31. The number of ketones is 1. The predicted octanol–water partition coefficient (Wildman–Crippen LogP) is 3.34. The highest BCUT2D eigenvalue weighted by Gasteiger charge is 2.31. The number of fused-ring (bicyclic) bond motifs is 1. The number of amides is 1. The first-order valence-electron chi connectivity index (χ1n) is 9.34. The summed E-state index contributed by atoms with van der Waals surface area (Å²) in [5.41, 5.74) is 1.13. The largest absolute Gasteiger partial charge is 0.337 e. The monoisotopic (exact) mass is 395 g/mol. The Morgan fingerprint density at radius 2 is 1.96 bits per heavy atom. The molecule has 0 aliphatic carbocycles. The zero-order chi connectivity index (χ0) is 19.8. The van der Waals surface area contributed by atoms with Crippen molar-refractivity contribution in [3.05, 3.63) is 62.5 Å². The van der Waals surface area contributed by atoms with E-state index < -0.39 is 0 Å². The summed E-state index contributed by atoms with van der Waals surface area (Å²) in [6, 6.07) is 9.23. The molecular formula is C21H21N3O3S. The molecule has 1 saturated heterocycles. The Morgan fingerprint density at radius 1 is 1.21 bits per heavy atom. The average Bonchev–Trinajstić information content (AvgIpc) is 3.04. The van der Waals surface area contributed by atoms with E-state index in [1.54, 1.807) is 18.7 Å². The molecular weight excluding hydrogens is 374 g/mol. The van der Waals surface area contributed by atoms with E-state index in [4.69, 9.17) is 0 Å². The fourth-order valence-corrected chi connectivity index (χ4v) is 5.01. The fourth-order valence-electron chi connectivity index (χ4n) is 3.81. The second-order valence-electron chi connectivity index (χ2n) is 7.21. The number of aromatic nitrogens is 2. The standard InChI is InChI=1S/C21H21N3O3S/c1-12-16-19(26)22-13(2)23-20(16)28-18(12)21(27)24-10-6-9-15(11-24)17(25)14-7-4-3-5-8-14/h3-5,7-8,15H,6,9-11H2,1-2H3,(H,22,23,26)/t15-/m0/s1. The molecule has 1 atom stereocenters. The lowest BCUT2D eigenvalue weighted by Gasteiger charge is -2.32. The van der Waals surface area contributed by atoms with E-state index in [0.29, 0.717) is 45.1 Å². The van der Waals surface area contributed by atoms with Crippen molar-refractivity contribution in [2.24, 2.45) is 5.92 Å². The van der Waals surface area contributed by atoms with Crippen molar-refractivity contribution in [3.8, 4) is 0 Å². The van der Waals surface area contributed by atoms with Gasteiger partial charge in [0.1, 0.15) is 10.7 Å². The molecule has 1 aliphatic heterocycles. The molecule has 0 radical (unpaired) electrons. The molecule has 144 valence electrons. The number of aromatic amines is 1. The Hall–Kier alpha value is -2.80. The topological polar surface area (TPSA) is 83.1 Å². The summed E-state index contributed by atoms with van der Waals surface area (Å²) in [4.78, 5) is 48.2. The summed E-state index contributed by atoms with van der Waals surface area (Å²) in [6.45, 7) is 4.54. The van der Waals surface area contributed by atoms with Crippen molar-refractivity contribution in [1.29, 1.82) is 0 Å². The van der Waals surface area contributed by atoms with E-state index in [0.717, 1.165) is 12.8 Å². The number of thiophene rings is 1. The number of hydrogen-bond acceptors (Lipinski definition) is 5. The predicted molar refractivity (Wildman–Crippen MR) is 109 cm³/mol. The number of nitrogens with zero attached hydrogens (tertiary/aromatic N) is 2. The highest BCUT2D eigenvalue weighted by Crippen LogP contribution is 2.30. The normalized spacial score (nSPS) is 17.1. The van der Waals surface area contributed by atoms with Crippen LogP contribution in [0.1, 0.15) is 44.3 Å². The number of rotatable bonds is 3. The molecule has 1 aromatic carbocycles. The number of benzene rings is 1. The van der Waals surface area contributed by atoms with Gasteiger partial charge in [0.25, 0.3) is 11.5 Å². The molecule has 1 aliphatic rings. The van der Waals surface area contributed by atoms with E-state index in [9.17, 15) is 14.4 Å². The number of aryl methyl sites for hydroxylation is 2. The van der Waals surface area contributed by atoms with Gasteiger partial charge in [-0.15, -0.1) is 11.3 Å². The highest BCUT2D eigenvalue weighted by molar-refractivity contribution is 7.20. The zero-order valence-corrected chi connectivity index (χ0v) is 16.6. The van der Waals surface area contributed by atoms with Gasteiger partial charge in [-0.25, -0.2) is 4.98 Å². The first kappa shape index (κ1) is 18.6. The minimum absolute atomic E-state index is 0.0832. The lowest BCUT2D eigenvalue weighted by molar-refractivity contribution is 0.0640. The van der Waals surface area contributed by atoms with Gasteiger partial charge < -0.3 is 9.88 Å². The Kier molecular flexibility index (Phi) is 4.85. The molecule has 0 spiro atoms. The Morgan fingerprint density at radius 3 is 2.71 bits per heavy atom. The van der Waals surface area contributed by atoms with E-state index in [-0.39, 0.29) is 23.2 Å². The number of piperidine rings is 1. The third-order valence-corrected chi connectivity index (χ3v) is 6.42. The van der Waals surface area contributed by atoms with Gasteiger partial charge in [0, 0.05) is 24.6 Å². The molecule has 6 nitrogen and oxygen atoms in total. The maximum Gasteiger partial charge on any atom is 0.264 e. The zero-order valence-electron chi connectivity index (χ0n) is 15.8. The lowest BCUT2D eigenvalue weighted by atomic mass is 9.90. The minimum atomic E-state index is -0.217. The summed E-state index contributed by atoms with van der Waals surface area (Å²) in [5.74, 6) is 0.297. The van der Waals surface area contributed by atoms with E-state index in [1.165, 1.54) is 11.3 Å². The van der Waals surface area contributed by atoms with Gasteiger partial charge in [0.15, 0.2) is 5.78 Å². The van der Waals surface area contributed by atoms with Crippen LogP contribution in [0, 0.1) is 19.8 Å². The van der Waals surface area contributed by atoms with Crippen molar-refractivity contribution < 1.29 is 9.59 Å². The average molecular weight is 395 g/mol. The highest BCUT2D eigenvalue weighted by atomic mass is 32.1. The third kappa shape index (κ3) is 3.26. The first-order valence-corrected chi connectivity index (χ1v) is 10.2. The molecule has 1 amide bonds. The summed E-state index contributed by atoms with van der Waals surface area (Å²) in [7, 11) is 0. The maximum atomic E-state index is 13.2. The summed E-state index contributed by atoms with van der Waals surface area (Å²) < 4.78 is 0. The van der Waals surface area contributed by atoms with Crippen LogP contribution >= 0.6 is 11.3 Å². The number of Topliss-reactive ketones (excluding diaryl/α,β-unsaturated/α-hetero) is 1. The van der Waals surface area contributed by atoms with Crippen LogP contribution < -0.4 is 5.56 Å².